The first-order chi connectivity index (χ1) is 9.10. The Morgan fingerprint density at radius 3 is 2.58 bits per heavy atom. The van der Waals surface area contributed by atoms with E-state index in [0.717, 1.165) is 24.3 Å². The second-order valence-electron chi connectivity index (χ2n) is 5.62. The largest absolute Gasteiger partial charge is 0.497 e. The average molecular weight is 260 g/mol. The van der Waals surface area contributed by atoms with E-state index in [9.17, 15) is 0 Å². The predicted octanol–water partition coefficient (Wildman–Crippen LogP) is 2.84. The standard InChI is InChI=1S/C16H24N2O/c1-12-11-18(3)13(2)9-16(12)17-10-14-5-7-15(19-4)8-6-14/h5-8,10,12-13,16H,9,11H2,1-4H3. The first kappa shape index (κ1) is 14.1. The fraction of sp³-hybridized carbons (Fsp3) is 0.562. The number of methoxy groups -OCH3 is 1. The molecule has 0 N–H and O–H groups in total. The van der Waals surface area contributed by atoms with Gasteiger partial charge in [-0.05, 0) is 56.1 Å². The maximum atomic E-state index is 5.16. The van der Waals surface area contributed by atoms with Crippen molar-refractivity contribution in [2.24, 2.45) is 10.9 Å². The highest BCUT2D eigenvalue weighted by atomic mass is 16.5. The van der Waals surface area contributed by atoms with E-state index >= 15 is 0 Å². The summed E-state index contributed by atoms with van der Waals surface area (Å²) in [7, 11) is 3.88. The van der Waals surface area contributed by atoms with E-state index in [1.54, 1.807) is 7.11 Å². The van der Waals surface area contributed by atoms with Crippen LogP contribution in [-0.2, 0) is 0 Å². The highest BCUT2D eigenvalue weighted by Gasteiger charge is 2.27. The normalized spacial score (nSPS) is 28.7. The van der Waals surface area contributed by atoms with Crippen LogP contribution in [-0.4, -0.2) is 43.9 Å². The predicted molar refractivity (Wildman–Crippen MR) is 80.2 cm³/mol. The van der Waals surface area contributed by atoms with Crippen molar-refractivity contribution in [1.29, 1.82) is 0 Å². The third-order valence-corrected chi connectivity index (χ3v) is 4.10. The highest BCUT2D eigenvalue weighted by molar-refractivity contribution is 5.79. The summed E-state index contributed by atoms with van der Waals surface area (Å²) in [5, 5.41) is 0. The van der Waals surface area contributed by atoms with Crippen LogP contribution in [0.3, 0.4) is 0 Å². The Morgan fingerprint density at radius 2 is 1.95 bits per heavy atom. The fourth-order valence-corrected chi connectivity index (χ4v) is 2.60. The summed E-state index contributed by atoms with van der Waals surface area (Å²) in [4.78, 5) is 7.20. The van der Waals surface area contributed by atoms with E-state index in [2.05, 4.69) is 25.8 Å². The summed E-state index contributed by atoms with van der Waals surface area (Å²) in [5.74, 6) is 1.51. The monoisotopic (exact) mass is 260 g/mol. The van der Waals surface area contributed by atoms with Crippen LogP contribution in [0.15, 0.2) is 29.3 Å². The molecular formula is C16H24N2O. The molecule has 19 heavy (non-hydrogen) atoms. The van der Waals surface area contributed by atoms with Gasteiger partial charge < -0.3 is 9.64 Å². The molecule has 0 amide bonds. The number of hydrogen-bond acceptors (Lipinski definition) is 3. The molecule has 1 aliphatic rings. The quantitative estimate of drug-likeness (QED) is 0.781. The lowest BCUT2D eigenvalue weighted by Gasteiger charge is -2.37. The molecule has 1 aromatic rings. The molecule has 0 spiro atoms. The Hall–Kier alpha value is -1.35. The number of rotatable bonds is 3. The van der Waals surface area contributed by atoms with Gasteiger partial charge in [-0.15, -0.1) is 0 Å². The highest BCUT2D eigenvalue weighted by Crippen LogP contribution is 2.23. The SMILES string of the molecule is COc1ccc(C=NC2CC(C)N(C)CC2C)cc1. The molecule has 1 heterocycles. The Morgan fingerprint density at radius 1 is 1.26 bits per heavy atom. The van der Waals surface area contributed by atoms with Crippen LogP contribution in [0, 0.1) is 5.92 Å². The van der Waals surface area contributed by atoms with Crippen LogP contribution in [0.1, 0.15) is 25.8 Å². The molecule has 0 radical (unpaired) electrons. The molecule has 0 aliphatic carbocycles. The molecule has 2 rings (SSSR count). The van der Waals surface area contributed by atoms with Gasteiger partial charge in [0.25, 0.3) is 0 Å². The number of nitrogens with zero attached hydrogens (tertiary/aromatic N) is 2. The van der Waals surface area contributed by atoms with Crippen LogP contribution in [0.25, 0.3) is 0 Å². The molecule has 3 unspecified atom stereocenters. The minimum atomic E-state index is 0.438. The van der Waals surface area contributed by atoms with Crippen molar-refractivity contribution in [1.82, 2.24) is 4.90 Å². The van der Waals surface area contributed by atoms with Crippen molar-refractivity contribution in [2.75, 3.05) is 20.7 Å². The summed E-state index contributed by atoms with van der Waals surface area (Å²) in [5.41, 5.74) is 1.14. The molecule has 1 aliphatic heterocycles. The Bertz CT molecular complexity index is 427. The summed E-state index contributed by atoms with van der Waals surface area (Å²) >= 11 is 0. The lowest BCUT2D eigenvalue weighted by atomic mass is 9.90. The second kappa shape index (κ2) is 6.20. The van der Waals surface area contributed by atoms with Gasteiger partial charge in [0.05, 0.1) is 13.2 Å². The van der Waals surface area contributed by atoms with Gasteiger partial charge in [0, 0.05) is 18.8 Å². The number of hydrogen-bond donors (Lipinski definition) is 0. The van der Waals surface area contributed by atoms with Crippen LogP contribution in [0.5, 0.6) is 5.75 Å². The third-order valence-electron chi connectivity index (χ3n) is 4.10. The van der Waals surface area contributed by atoms with Gasteiger partial charge in [0.1, 0.15) is 5.75 Å². The first-order valence-corrected chi connectivity index (χ1v) is 6.97. The van der Waals surface area contributed by atoms with Crippen LogP contribution in [0.2, 0.25) is 0 Å². The van der Waals surface area contributed by atoms with E-state index in [-0.39, 0.29) is 0 Å². The third kappa shape index (κ3) is 3.57. The van der Waals surface area contributed by atoms with Crippen molar-refractivity contribution < 1.29 is 4.74 Å². The smallest absolute Gasteiger partial charge is 0.118 e. The zero-order chi connectivity index (χ0) is 13.8. The zero-order valence-corrected chi connectivity index (χ0v) is 12.3. The summed E-state index contributed by atoms with van der Waals surface area (Å²) in [6.45, 7) is 5.70. The molecule has 0 saturated carbocycles. The molecule has 1 saturated heterocycles. The van der Waals surface area contributed by atoms with E-state index in [1.165, 1.54) is 0 Å². The van der Waals surface area contributed by atoms with Crippen molar-refractivity contribution in [3.63, 3.8) is 0 Å². The van der Waals surface area contributed by atoms with Gasteiger partial charge in [-0.3, -0.25) is 4.99 Å². The van der Waals surface area contributed by atoms with Gasteiger partial charge in [-0.25, -0.2) is 0 Å². The minimum Gasteiger partial charge on any atom is -0.497 e. The van der Waals surface area contributed by atoms with Crippen LogP contribution >= 0.6 is 0 Å². The lowest BCUT2D eigenvalue weighted by Crippen LogP contribution is -2.44. The number of piperidine rings is 1. The van der Waals surface area contributed by atoms with E-state index in [0.29, 0.717) is 18.0 Å². The molecule has 0 aromatic heterocycles. The summed E-state index contributed by atoms with van der Waals surface area (Å²) < 4.78 is 5.16. The Kier molecular flexibility index (Phi) is 4.59. The number of aliphatic imine (C=N–C) groups is 1. The lowest BCUT2D eigenvalue weighted by molar-refractivity contribution is 0.139. The molecular weight excluding hydrogens is 236 g/mol. The second-order valence-corrected chi connectivity index (χ2v) is 5.62. The maximum absolute atomic E-state index is 5.16. The molecule has 0 bridgehead atoms. The van der Waals surface area contributed by atoms with E-state index < -0.39 is 0 Å². The molecule has 3 heteroatoms. The van der Waals surface area contributed by atoms with E-state index in [1.807, 2.05) is 30.5 Å². The van der Waals surface area contributed by atoms with Gasteiger partial charge in [0.15, 0.2) is 0 Å². The van der Waals surface area contributed by atoms with Crippen LogP contribution < -0.4 is 4.74 Å². The zero-order valence-electron chi connectivity index (χ0n) is 12.3. The molecule has 3 nitrogen and oxygen atoms in total. The molecule has 104 valence electrons. The van der Waals surface area contributed by atoms with Crippen molar-refractivity contribution in [3.05, 3.63) is 29.8 Å². The fourth-order valence-electron chi connectivity index (χ4n) is 2.60. The topological polar surface area (TPSA) is 24.8 Å². The minimum absolute atomic E-state index is 0.438. The van der Waals surface area contributed by atoms with Gasteiger partial charge in [-0.1, -0.05) is 6.92 Å². The Labute approximate surface area is 116 Å². The molecule has 1 aromatic carbocycles. The summed E-state index contributed by atoms with van der Waals surface area (Å²) in [6, 6.07) is 9.10. The first-order valence-electron chi connectivity index (χ1n) is 6.97. The van der Waals surface area contributed by atoms with E-state index in [4.69, 9.17) is 9.73 Å². The Balaban J connectivity index is 2.00. The van der Waals surface area contributed by atoms with Gasteiger partial charge in [-0.2, -0.15) is 0 Å². The maximum Gasteiger partial charge on any atom is 0.118 e. The summed E-state index contributed by atoms with van der Waals surface area (Å²) in [6.07, 6.45) is 3.14. The number of benzene rings is 1. The van der Waals surface area contributed by atoms with Crippen molar-refractivity contribution in [3.8, 4) is 5.75 Å². The average Bonchev–Trinajstić information content (AvgIpc) is 2.42. The molecule has 1 fully saturated rings. The van der Waals surface area contributed by atoms with Crippen LogP contribution in [0.4, 0.5) is 0 Å². The van der Waals surface area contributed by atoms with Crippen molar-refractivity contribution in [2.45, 2.75) is 32.4 Å². The molecule has 3 atom stereocenters. The number of likely N-dealkylation sites (tertiary alicyclic amines) is 1. The van der Waals surface area contributed by atoms with Gasteiger partial charge >= 0.3 is 0 Å². The van der Waals surface area contributed by atoms with Gasteiger partial charge in [0.2, 0.25) is 0 Å². The van der Waals surface area contributed by atoms with Crippen molar-refractivity contribution >= 4 is 6.21 Å². The number of ether oxygens (including phenoxy) is 1.